The monoisotopic (exact) mass is 349 g/mol. The van der Waals surface area contributed by atoms with E-state index in [0.29, 0.717) is 16.2 Å². The van der Waals surface area contributed by atoms with Gasteiger partial charge in [0.1, 0.15) is 10.8 Å². The molecular weight excluding hydrogens is 340 g/mol. The van der Waals surface area contributed by atoms with Gasteiger partial charge in [-0.3, -0.25) is 9.59 Å². The Morgan fingerprint density at radius 3 is 2.21 bits per heavy atom. The number of anilines is 1. The van der Waals surface area contributed by atoms with Gasteiger partial charge in [-0.25, -0.2) is 13.7 Å². The van der Waals surface area contributed by atoms with Crippen molar-refractivity contribution in [3.05, 3.63) is 64.7 Å². The van der Waals surface area contributed by atoms with Crippen LogP contribution in [0.1, 0.15) is 5.56 Å². The van der Waals surface area contributed by atoms with E-state index < -0.39 is 23.4 Å². The van der Waals surface area contributed by atoms with Crippen LogP contribution < -0.4 is 9.64 Å². The Hall–Kier alpha value is -2.73. The highest BCUT2D eigenvalue weighted by molar-refractivity contribution is 6.60. The number of carbonyl (C=O) groups excluding carboxylic acids is 2. The lowest BCUT2D eigenvalue weighted by Crippen LogP contribution is -2.31. The average Bonchev–Trinajstić information content (AvgIpc) is 2.80. The van der Waals surface area contributed by atoms with Crippen LogP contribution in [0.15, 0.2) is 47.5 Å². The van der Waals surface area contributed by atoms with Gasteiger partial charge in [0, 0.05) is 6.07 Å². The Bertz CT molecular complexity index is 878. The molecule has 2 aromatic carbocycles. The van der Waals surface area contributed by atoms with E-state index in [9.17, 15) is 18.4 Å². The van der Waals surface area contributed by atoms with Gasteiger partial charge in [-0.15, -0.1) is 0 Å². The van der Waals surface area contributed by atoms with Crippen LogP contribution in [-0.4, -0.2) is 18.9 Å². The summed E-state index contributed by atoms with van der Waals surface area (Å²) in [7, 11) is 1.50. The minimum Gasteiger partial charge on any atom is -0.497 e. The molecule has 0 N–H and O–H groups in total. The lowest BCUT2D eigenvalue weighted by Gasteiger charge is -2.15. The topological polar surface area (TPSA) is 46.6 Å². The highest BCUT2D eigenvalue weighted by Crippen LogP contribution is 2.35. The molecule has 0 aliphatic carbocycles. The Morgan fingerprint density at radius 1 is 0.958 bits per heavy atom. The van der Waals surface area contributed by atoms with Gasteiger partial charge in [-0.2, -0.15) is 0 Å². The molecule has 0 atom stereocenters. The molecule has 1 aliphatic rings. The van der Waals surface area contributed by atoms with Crippen molar-refractivity contribution in [3.63, 3.8) is 0 Å². The fourth-order valence-electron chi connectivity index (χ4n) is 2.37. The van der Waals surface area contributed by atoms with Crippen LogP contribution in [0.4, 0.5) is 14.5 Å². The van der Waals surface area contributed by atoms with Crippen LogP contribution in [0.25, 0.3) is 5.57 Å². The molecule has 24 heavy (non-hydrogen) atoms. The molecule has 0 bridgehead atoms. The zero-order chi connectivity index (χ0) is 17.4. The molecule has 0 saturated carbocycles. The highest BCUT2D eigenvalue weighted by atomic mass is 35.5. The van der Waals surface area contributed by atoms with Gasteiger partial charge in [-0.1, -0.05) is 23.7 Å². The number of ether oxygens (including phenoxy) is 1. The van der Waals surface area contributed by atoms with Gasteiger partial charge in [0.05, 0.1) is 18.4 Å². The van der Waals surface area contributed by atoms with E-state index >= 15 is 0 Å². The maximum absolute atomic E-state index is 13.4. The van der Waals surface area contributed by atoms with E-state index in [1.807, 2.05) is 0 Å². The molecule has 3 rings (SSSR count). The summed E-state index contributed by atoms with van der Waals surface area (Å²) in [6, 6.07) is 9.13. The van der Waals surface area contributed by atoms with E-state index in [0.717, 1.165) is 18.2 Å². The first kappa shape index (κ1) is 16.1. The zero-order valence-corrected chi connectivity index (χ0v) is 13.1. The van der Waals surface area contributed by atoms with E-state index in [-0.39, 0.29) is 16.3 Å². The van der Waals surface area contributed by atoms with Crippen LogP contribution >= 0.6 is 11.6 Å². The predicted octanol–water partition coefficient (Wildman–Crippen LogP) is 3.50. The van der Waals surface area contributed by atoms with Gasteiger partial charge in [0.15, 0.2) is 11.6 Å². The highest BCUT2D eigenvalue weighted by Gasteiger charge is 2.39. The van der Waals surface area contributed by atoms with Crippen LogP contribution in [0, 0.1) is 11.6 Å². The summed E-state index contributed by atoms with van der Waals surface area (Å²) in [6.45, 7) is 0. The minimum atomic E-state index is -1.16. The van der Waals surface area contributed by atoms with E-state index in [1.165, 1.54) is 7.11 Å². The second kappa shape index (κ2) is 6.05. The standard InChI is InChI=1S/C17H10ClF2NO3/c1-24-11-5-2-9(3-6-11)14-15(18)17(23)21(16(14)22)10-4-7-12(19)13(20)8-10/h2-8H,1H3. The molecule has 2 amide bonds. The van der Waals surface area contributed by atoms with Crippen molar-refractivity contribution in [2.45, 2.75) is 0 Å². The molecule has 7 heteroatoms. The van der Waals surface area contributed by atoms with Gasteiger partial charge >= 0.3 is 0 Å². The summed E-state index contributed by atoms with van der Waals surface area (Å²) < 4.78 is 31.5. The molecule has 0 fully saturated rings. The fraction of sp³-hybridized carbons (Fsp3) is 0.0588. The summed E-state index contributed by atoms with van der Waals surface area (Å²) in [5, 5.41) is -0.282. The number of amides is 2. The van der Waals surface area contributed by atoms with Crippen LogP contribution in [0.3, 0.4) is 0 Å². The summed E-state index contributed by atoms with van der Waals surface area (Å²) in [4.78, 5) is 25.6. The lowest BCUT2D eigenvalue weighted by atomic mass is 10.1. The lowest BCUT2D eigenvalue weighted by molar-refractivity contribution is -0.119. The molecular formula is C17H10ClF2NO3. The number of hydrogen-bond donors (Lipinski definition) is 0. The summed E-state index contributed by atoms with van der Waals surface area (Å²) in [5.74, 6) is -3.17. The quantitative estimate of drug-likeness (QED) is 0.797. The third-order valence-electron chi connectivity index (χ3n) is 3.57. The number of hydrogen-bond acceptors (Lipinski definition) is 3. The Morgan fingerprint density at radius 2 is 1.62 bits per heavy atom. The van der Waals surface area contributed by atoms with Crippen LogP contribution in [0.5, 0.6) is 5.75 Å². The van der Waals surface area contributed by atoms with Crippen molar-refractivity contribution in [1.82, 2.24) is 0 Å². The average molecular weight is 350 g/mol. The third-order valence-corrected chi connectivity index (χ3v) is 3.92. The maximum Gasteiger partial charge on any atom is 0.277 e. The largest absolute Gasteiger partial charge is 0.497 e. The predicted molar refractivity (Wildman–Crippen MR) is 84.6 cm³/mol. The van der Waals surface area contributed by atoms with Crippen molar-refractivity contribution in [2.24, 2.45) is 0 Å². The van der Waals surface area contributed by atoms with Gasteiger partial charge in [-0.05, 0) is 29.8 Å². The summed E-state index contributed by atoms with van der Waals surface area (Å²) in [5.41, 5.74) is 0.323. The molecule has 4 nitrogen and oxygen atoms in total. The fourth-order valence-corrected chi connectivity index (χ4v) is 2.64. The number of methoxy groups -OCH3 is 1. The first-order valence-corrected chi connectivity index (χ1v) is 7.20. The van der Waals surface area contributed by atoms with Crippen LogP contribution in [0.2, 0.25) is 0 Å². The molecule has 2 aromatic rings. The van der Waals surface area contributed by atoms with E-state index in [1.54, 1.807) is 24.3 Å². The smallest absolute Gasteiger partial charge is 0.277 e. The maximum atomic E-state index is 13.4. The van der Waals surface area contributed by atoms with Crippen molar-refractivity contribution in [2.75, 3.05) is 12.0 Å². The van der Waals surface area contributed by atoms with Crippen molar-refractivity contribution in [3.8, 4) is 5.75 Å². The number of rotatable bonds is 3. The Labute approximate surface area is 140 Å². The van der Waals surface area contributed by atoms with Gasteiger partial charge in [0.25, 0.3) is 11.8 Å². The number of benzene rings is 2. The SMILES string of the molecule is COc1ccc(C2=C(Cl)C(=O)N(c3ccc(F)c(F)c3)C2=O)cc1. The van der Waals surface area contributed by atoms with Gasteiger partial charge < -0.3 is 4.74 Å². The minimum absolute atomic E-state index is 0.00551. The Kier molecular flexibility index (Phi) is 4.07. The summed E-state index contributed by atoms with van der Waals surface area (Å²) in [6.07, 6.45) is 0. The van der Waals surface area contributed by atoms with Gasteiger partial charge in [0.2, 0.25) is 0 Å². The number of nitrogens with zero attached hydrogens (tertiary/aromatic N) is 1. The van der Waals surface area contributed by atoms with Crippen molar-refractivity contribution >= 4 is 34.7 Å². The van der Waals surface area contributed by atoms with E-state index in [2.05, 4.69) is 0 Å². The van der Waals surface area contributed by atoms with E-state index in [4.69, 9.17) is 16.3 Å². The third kappa shape index (κ3) is 2.55. The molecule has 0 saturated heterocycles. The first-order valence-electron chi connectivity index (χ1n) is 6.82. The second-order valence-electron chi connectivity index (χ2n) is 4.96. The molecule has 1 heterocycles. The summed E-state index contributed by atoms with van der Waals surface area (Å²) >= 11 is 6.02. The Balaban J connectivity index is 2.02. The number of carbonyl (C=O) groups is 2. The van der Waals surface area contributed by atoms with Crippen molar-refractivity contribution < 1.29 is 23.1 Å². The number of halogens is 3. The van der Waals surface area contributed by atoms with Crippen LogP contribution in [-0.2, 0) is 9.59 Å². The second-order valence-corrected chi connectivity index (χ2v) is 5.34. The number of imide groups is 1. The first-order chi connectivity index (χ1) is 11.4. The normalized spacial score (nSPS) is 14.6. The zero-order valence-electron chi connectivity index (χ0n) is 12.3. The van der Waals surface area contributed by atoms with Crippen molar-refractivity contribution in [1.29, 1.82) is 0 Å². The molecule has 0 aromatic heterocycles. The molecule has 0 unspecified atom stereocenters. The molecule has 1 aliphatic heterocycles. The molecule has 122 valence electrons. The molecule has 0 radical (unpaired) electrons. The molecule has 0 spiro atoms.